The lowest BCUT2D eigenvalue weighted by Gasteiger charge is -2.23. The number of aromatic hydroxyl groups is 1. The maximum atomic E-state index is 12.4. The molecule has 3 aromatic carbocycles. The van der Waals surface area contributed by atoms with E-state index in [1.165, 1.54) is 44.2 Å². The molecule has 0 spiro atoms. The number of allylic oxidation sites excluding steroid dienone is 2. The number of hydrogen-bond acceptors (Lipinski definition) is 9. The molecule has 0 bridgehead atoms. The van der Waals surface area contributed by atoms with Crippen molar-refractivity contribution in [3.05, 3.63) is 141 Å². The van der Waals surface area contributed by atoms with Crippen LogP contribution in [0.15, 0.2) is 69.7 Å². The average Bonchev–Trinajstić information content (AvgIpc) is 3.57. The van der Waals surface area contributed by atoms with Crippen molar-refractivity contribution in [2.24, 2.45) is 0 Å². The van der Waals surface area contributed by atoms with Gasteiger partial charge in [0.25, 0.3) is 0 Å². The summed E-state index contributed by atoms with van der Waals surface area (Å²) in [7, 11) is 0. The van der Waals surface area contributed by atoms with Crippen LogP contribution in [0.2, 0.25) is 20.1 Å². The normalized spacial score (nSPS) is 12.7. The van der Waals surface area contributed by atoms with Crippen LogP contribution in [-0.4, -0.2) is 25.3 Å². The molecule has 11 nitrogen and oxygen atoms in total. The summed E-state index contributed by atoms with van der Waals surface area (Å²) in [5, 5.41) is 44.7. The Labute approximate surface area is 280 Å². The van der Waals surface area contributed by atoms with Crippen molar-refractivity contribution >= 4 is 81.1 Å². The minimum Gasteiger partial charge on any atom is -0.508 e. The maximum Gasteiger partial charge on any atom is 0.339 e. The van der Waals surface area contributed by atoms with Crippen LogP contribution in [-0.2, 0) is 0 Å². The van der Waals surface area contributed by atoms with Gasteiger partial charge >= 0.3 is 11.4 Å². The number of halogens is 4. The van der Waals surface area contributed by atoms with Gasteiger partial charge < -0.3 is 14.2 Å². The minimum absolute atomic E-state index is 0.0257. The molecule has 15 heteroatoms. The van der Waals surface area contributed by atoms with E-state index in [2.05, 4.69) is 10.3 Å². The molecule has 234 valence electrons. The third-order valence-electron chi connectivity index (χ3n) is 6.97. The summed E-state index contributed by atoms with van der Waals surface area (Å²) in [6, 6.07) is 15.3. The van der Waals surface area contributed by atoms with E-state index in [1.807, 2.05) is 0 Å². The molecule has 5 rings (SSSR count). The van der Waals surface area contributed by atoms with Crippen molar-refractivity contribution in [3.8, 4) is 5.75 Å². The number of aryl methyl sites for hydroxylation is 2. The number of nitrogens with zero attached hydrogens (tertiary/aromatic N) is 4. The summed E-state index contributed by atoms with van der Waals surface area (Å²) in [6.45, 7) is 2.78. The van der Waals surface area contributed by atoms with Gasteiger partial charge in [0.15, 0.2) is 11.4 Å². The summed E-state index contributed by atoms with van der Waals surface area (Å²) in [4.78, 5) is 23.4. The lowest BCUT2D eigenvalue weighted by Crippen LogP contribution is -2.08. The van der Waals surface area contributed by atoms with Gasteiger partial charge in [0.05, 0.1) is 9.85 Å². The van der Waals surface area contributed by atoms with Crippen LogP contribution < -0.4 is 0 Å². The molecule has 0 aliphatic carbocycles. The molecule has 46 heavy (non-hydrogen) atoms. The first kappa shape index (κ1) is 32.7. The molecule has 0 fully saturated rings. The first-order chi connectivity index (χ1) is 21.9. The van der Waals surface area contributed by atoms with Gasteiger partial charge in [0.2, 0.25) is 11.5 Å². The van der Waals surface area contributed by atoms with Crippen molar-refractivity contribution in [2.45, 2.75) is 19.8 Å². The zero-order valence-corrected chi connectivity index (χ0v) is 26.7. The van der Waals surface area contributed by atoms with Crippen molar-refractivity contribution in [1.82, 2.24) is 10.3 Å². The Morgan fingerprint density at radius 2 is 1.20 bits per heavy atom. The highest BCUT2D eigenvalue weighted by atomic mass is 35.5. The molecule has 5 aromatic rings. The molecule has 0 aliphatic rings. The Kier molecular flexibility index (Phi) is 9.50. The first-order valence-corrected chi connectivity index (χ1v) is 14.7. The maximum absolute atomic E-state index is 12.4. The lowest BCUT2D eigenvalue weighted by atomic mass is 9.79. The second-order valence-electron chi connectivity index (χ2n) is 9.93. The van der Waals surface area contributed by atoms with Crippen molar-refractivity contribution in [3.63, 3.8) is 0 Å². The predicted molar refractivity (Wildman–Crippen MR) is 175 cm³/mol. The quantitative estimate of drug-likeness (QED) is 0.117. The molecular weight excluding hydrogens is 682 g/mol. The van der Waals surface area contributed by atoms with E-state index < -0.39 is 27.1 Å². The number of nitro groups is 2. The Morgan fingerprint density at radius 1 is 0.761 bits per heavy atom. The number of phenols is 1. The summed E-state index contributed by atoms with van der Waals surface area (Å²) in [6.07, 6.45) is 2.96. The monoisotopic (exact) mass is 700 g/mol. The Morgan fingerprint density at radius 3 is 1.59 bits per heavy atom. The fraction of sp³-hybridized carbons (Fsp3) is 0.0968. The fourth-order valence-electron chi connectivity index (χ4n) is 4.91. The van der Waals surface area contributed by atoms with E-state index in [4.69, 9.17) is 55.4 Å². The van der Waals surface area contributed by atoms with Gasteiger partial charge in [-0.15, -0.1) is 0 Å². The number of rotatable bonds is 9. The van der Waals surface area contributed by atoms with Gasteiger partial charge in [0, 0.05) is 42.7 Å². The van der Waals surface area contributed by atoms with Gasteiger partial charge in [-0.2, -0.15) is 0 Å². The van der Waals surface area contributed by atoms with Gasteiger partial charge in [0.1, 0.15) is 5.75 Å². The summed E-state index contributed by atoms with van der Waals surface area (Å²) in [5.74, 6) is -2.18. The topological polar surface area (TPSA) is 159 Å². The highest BCUT2D eigenvalue weighted by Crippen LogP contribution is 2.51. The molecule has 0 unspecified atom stereocenters. The summed E-state index contributed by atoms with van der Waals surface area (Å²) >= 11 is 25.4. The van der Waals surface area contributed by atoms with E-state index in [0.29, 0.717) is 21.2 Å². The Balaban J connectivity index is 1.98. The van der Waals surface area contributed by atoms with E-state index in [1.54, 1.807) is 42.5 Å². The Hall–Kier alpha value is -4.68. The highest BCUT2D eigenvalue weighted by molar-refractivity contribution is 6.36. The molecule has 2 aromatic heterocycles. The van der Waals surface area contributed by atoms with Crippen LogP contribution in [0, 0.1) is 34.1 Å². The largest absolute Gasteiger partial charge is 0.508 e. The van der Waals surface area contributed by atoms with E-state index in [-0.39, 0.29) is 55.4 Å². The summed E-state index contributed by atoms with van der Waals surface area (Å²) < 4.78 is 11.2. The van der Waals surface area contributed by atoms with E-state index in [0.717, 1.165) is 0 Å². The first-order valence-electron chi connectivity index (χ1n) is 13.2. The van der Waals surface area contributed by atoms with Crippen LogP contribution in [0.1, 0.15) is 45.5 Å². The van der Waals surface area contributed by atoms with Crippen LogP contribution >= 0.6 is 46.4 Å². The molecule has 0 amide bonds. The van der Waals surface area contributed by atoms with Crippen LogP contribution in [0.25, 0.3) is 23.3 Å². The van der Waals surface area contributed by atoms with Gasteiger partial charge in [-0.05, 0) is 67.5 Å². The number of phenolic OH excluding ortho intramolecular Hbond substituents is 1. The molecule has 0 radical (unpaired) electrons. The van der Waals surface area contributed by atoms with Crippen LogP contribution in [0.4, 0.5) is 11.4 Å². The van der Waals surface area contributed by atoms with Crippen molar-refractivity contribution < 1.29 is 24.0 Å². The fourth-order valence-corrected chi connectivity index (χ4v) is 5.83. The Bertz CT molecular complexity index is 1950. The standard InChI is InChI=1S/C31H20Cl4N4O7/c1-15-28(38(41)42)30(45-36-15)22(11-17-7-9-19(32)13-24(17)34)27(21-5-3-4-6-26(21)40)23(12-18-8-10-20(33)14-25(18)35)31-29(39(43)44)16(2)37-46-31/h3-14,27,40H,1-2H3/b22-11-,23-12-. The molecule has 0 aliphatic heterocycles. The van der Waals surface area contributed by atoms with E-state index >= 15 is 0 Å². The number of benzene rings is 3. The molecule has 0 saturated heterocycles. The predicted octanol–water partition coefficient (Wildman–Crippen LogP) is 9.98. The number of para-hydroxylation sites is 1. The second-order valence-corrected chi connectivity index (χ2v) is 11.6. The van der Waals surface area contributed by atoms with E-state index in [9.17, 15) is 25.3 Å². The van der Waals surface area contributed by atoms with Gasteiger partial charge in [-0.1, -0.05) is 87.0 Å². The summed E-state index contributed by atoms with van der Waals surface area (Å²) in [5.41, 5.74) is -0.159. The van der Waals surface area contributed by atoms with Crippen molar-refractivity contribution in [2.75, 3.05) is 0 Å². The molecule has 0 atom stereocenters. The second kappa shape index (κ2) is 13.4. The zero-order valence-electron chi connectivity index (χ0n) is 23.7. The number of hydrogen-bond donors (Lipinski definition) is 1. The van der Waals surface area contributed by atoms with Crippen molar-refractivity contribution in [1.29, 1.82) is 0 Å². The average molecular weight is 702 g/mol. The molecule has 2 heterocycles. The van der Waals surface area contributed by atoms with Crippen LogP contribution in [0.3, 0.4) is 0 Å². The third kappa shape index (κ3) is 6.49. The van der Waals surface area contributed by atoms with Gasteiger partial charge in [-0.3, -0.25) is 20.2 Å². The number of aromatic nitrogens is 2. The smallest absolute Gasteiger partial charge is 0.339 e. The molecule has 1 N–H and O–H groups in total. The van der Waals surface area contributed by atoms with Gasteiger partial charge in [-0.25, -0.2) is 0 Å². The minimum atomic E-state index is -1.29. The molecule has 0 saturated carbocycles. The highest BCUT2D eigenvalue weighted by Gasteiger charge is 2.39. The zero-order chi connectivity index (χ0) is 33.3. The SMILES string of the molecule is Cc1noc(/C(=C\c2ccc(Cl)cc2Cl)C(/C(=C/c2ccc(Cl)cc2Cl)c2onc(C)c2[N+](=O)[O-])c2ccccc2O)c1[N+](=O)[O-]. The third-order valence-corrected chi connectivity index (χ3v) is 8.09. The lowest BCUT2D eigenvalue weighted by molar-refractivity contribution is -0.386. The van der Waals surface area contributed by atoms with Crippen LogP contribution in [0.5, 0.6) is 5.75 Å². The molecular formula is C31H20Cl4N4O7.